The molecule has 0 radical (unpaired) electrons. The van der Waals surface area contributed by atoms with Gasteiger partial charge in [0.15, 0.2) is 0 Å². The second-order valence-electron chi connectivity index (χ2n) is 29.1. The summed E-state index contributed by atoms with van der Waals surface area (Å²) in [7, 11) is 0. The Hall–Kier alpha value is -13.9. The topological polar surface area (TPSA) is 19.7 Å². The average Bonchev–Trinajstić information content (AvgIpc) is 1.59. The van der Waals surface area contributed by atoms with Crippen LogP contribution in [0.3, 0.4) is 0 Å². The van der Waals surface area contributed by atoms with Gasteiger partial charge in [0.05, 0.1) is 44.1 Å². The van der Waals surface area contributed by atoms with E-state index < -0.39 is 0 Å². The van der Waals surface area contributed by atoms with Gasteiger partial charge in [-0.25, -0.2) is 0 Å². The van der Waals surface area contributed by atoms with Crippen molar-refractivity contribution in [3.8, 4) is 67.3 Å². The zero-order valence-electron chi connectivity index (χ0n) is 59.6. The van der Waals surface area contributed by atoms with Crippen molar-refractivity contribution in [2.24, 2.45) is 0 Å². The van der Waals surface area contributed by atoms with Crippen molar-refractivity contribution in [1.29, 1.82) is 0 Å². The van der Waals surface area contributed by atoms with E-state index in [9.17, 15) is 0 Å². The molecule has 0 spiro atoms. The summed E-state index contributed by atoms with van der Waals surface area (Å²) in [4.78, 5) is 0. The van der Waals surface area contributed by atoms with E-state index in [4.69, 9.17) is 0 Å². The minimum atomic E-state index is 1.16. The first-order valence-electron chi connectivity index (χ1n) is 37.7. The number of hydrogen-bond acceptors (Lipinski definition) is 2. The highest BCUT2D eigenvalue weighted by Crippen LogP contribution is 2.45. The minimum Gasteiger partial charge on any atom is -0.309 e. The van der Waals surface area contributed by atoms with Crippen LogP contribution < -0.4 is 0 Å². The summed E-state index contributed by atoms with van der Waals surface area (Å²) in [5.41, 5.74) is 24.2. The minimum absolute atomic E-state index is 1.16. The predicted octanol–water partition coefficient (Wildman–Crippen LogP) is 29.5. The Balaban J connectivity index is 0.000000132. The van der Waals surface area contributed by atoms with Crippen LogP contribution in [0, 0.1) is 0 Å². The van der Waals surface area contributed by atoms with Crippen molar-refractivity contribution in [3.05, 3.63) is 388 Å². The molecule has 24 aromatic rings. The lowest BCUT2D eigenvalue weighted by Crippen LogP contribution is -1.94. The van der Waals surface area contributed by atoms with Crippen LogP contribution in [-0.2, 0) is 0 Å². The molecule has 110 heavy (non-hydrogen) atoms. The molecule has 4 nitrogen and oxygen atoms in total. The van der Waals surface area contributed by atoms with E-state index in [1.165, 1.54) is 205 Å². The van der Waals surface area contributed by atoms with E-state index in [1.54, 1.807) is 0 Å². The molecule has 0 saturated carbocycles. The zero-order chi connectivity index (χ0) is 72.1. The standard InChI is InChI=1S/2C52H32N2S/c1-2-11-35-30-39(27-20-33(35)10-1)54-48-18-7-4-13-42(48)46-32-37(24-29-50(46)54)36-23-28-49-45(31-36)41-12-3-6-17-47(41)53(49)38-25-21-34(22-26-38)40-15-9-16-44-43-14-5-8-19-51(43)55-52(40)44;1-2-10-35-29-40(25-19-33(35)9-1)54-48-15-7-4-12-42(48)45-31-38(21-27-50(45)54)37-20-26-49-44(30-37)41-11-3-6-14-47(41)53(49)39-23-17-34(18-24-39)36-22-28-52-46(32-36)43-13-5-8-16-51(43)55-52/h2*1-32H. The number of aromatic nitrogens is 4. The van der Waals surface area contributed by atoms with Gasteiger partial charge in [0.25, 0.3) is 0 Å². The molecule has 0 aliphatic carbocycles. The van der Waals surface area contributed by atoms with E-state index in [0.29, 0.717) is 0 Å². The van der Waals surface area contributed by atoms with Crippen LogP contribution in [0.5, 0.6) is 0 Å². The fourth-order valence-electron chi connectivity index (χ4n) is 17.8. The van der Waals surface area contributed by atoms with E-state index in [-0.39, 0.29) is 0 Å². The van der Waals surface area contributed by atoms with Gasteiger partial charge in [-0.1, -0.05) is 243 Å². The number of thiophene rings is 2. The van der Waals surface area contributed by atoms with Crippen LogP contribution in [0.2, 0.25) is 0 Å². The van der Waals surface area contributed by atoms with Crippen LogP contribution in [0.1, 0.15) is 0 Å². The summed E-state index contributed by atoms with van der Waals surface area (Å²) in [6.45, 7) is 0. The number of fused-ring (bicyclic) bond motifs is 20. The van der Waals surface area contributed by atoms with Crippen molar-refractivity contribution in [3.63, 3.8) is 0 Å². The van der Waals surface area contributed by atoms with Gasteiger partial charge in [0.2, 0.25) is 0 Å². The lowest BCUT2D eigenvalue weighted by atomic mass is 10.0. The fourth-order valence-corrected chi connectivity index (χ4v) is 20.2. The maximum absolute atomic E-state index is 2.42. The molecule has 6 heterocycles. The molecule has 0 aliphatic rings. The highest BCUT2D eigenvalue weighted by molar-refractivity contribution is 7.26. The average molecular weight is 1430 g/mol. The van der Waals surface area contributed by atoms with Crippen molar-refractivity contribution >= 4 is 172 Å². The first-order chi connectivity index (χ1) is 54.5. The molecule has 0 atom stereocenters. The van der Waals surface area contributed by atoms with Crippen molar-refractivity contribution in [2.45, 2.75) is 0 Å². The van der Waals surface area contributed by atoms with Gasteiger partial charge in [-0.3, -0.25) is 0 Å². The van der Waals surface area contributed by atoms with E-state index in [2.05, 4.69) is 407 Å². The molecule has 18 aromatic carbocycles. The van der Waals surface area contributed by atoms with Crippen LogP contribution in [0.15, 0.2) is 388 Å². The second kappa shape index (κ2) is 24.9. The molecule has 0 saturated heterocycles. The maximum Gasteiger partial charge on any atom is 0.0541 e. The summed E-state index contributed by atoms with van der Waals surface area (Å²) in [5, 5.41) is 20.4. The highest BCUT2D eigenvalue weighted by atomic mass is 32.1. The Bertz CT molecular complexity index is 7900. The SMILES string of the molecule is c1ccc2cc(-n3c4ccccc4c4cc(-c5ccc6c(c5)c5ccccc5n6-c5ccc(-c6ccc7sc8ccccc8c7c6)cc5)ccc43)ccc2c1.c1ccc2cc(-n3c4ccccc4c4cc(-c5ccc6c(c5)c5ccccc5n6-c5ccc(-c6cccc7c6sc6ccccc67)cc5)ccc43)ccc2c1. The molecule has 512 valence electrons. The van der Waals surface area contributed by atoms with Gasteiger partial charge < -0.3 is 18.3 Å². The molecule has 0 aliphatic heterocycles. The summed E-state index contributed by atoms with van der Waals surface area (Å²) >= 11 is 3.75. The smallest absolute Gasteiger partial charge is 0.0541 e. The lowest BCUT2D eigenvalue weighted by molar-refractivity contribution is 1.18. The number of nitrogens with zero attached hydrogens (tertiary/aromatic N) is 4. The van der Waals surface area contributed by atoms with Crippen LogP contribution in [0.4, 0.5) is 0 Å². The normalized spacial score (nSPS) is 12.0. The first-order valence-corrected chi connectivity index (χ1v) is 39.3. The Morgan fingerprint density at radius 1 is 0.155 bits per heavy atom. The molecular formula is C104H64N4S2. The van der Waals surface area contributed by atoms with Crippen molar-refractivity contribution in [2.75, 3.05) is 0 Å². The second-order valence-corrected chi connectivity index (χ2v) is 31.2. The number of rotatable bonds is 8. The lowest BCUT2D eigenvalue weighted by Gasteiger charge is -2.11. The summed E-state index contributed by atoms with van der Waals surface area (Å²) < 4.78 is 15.0. The van der Waals surface area contributed by atoms with Gasteiger partial charge in [-0.05, 0) is 212 Å². The zero-order valence-corrected chi connectivity index (χ0v) is 61.2. The molecule has 0 bridgehead atoms. The molecular weight excluding hydrogens is 1370 g/mol. The molecule has 0 unspecified atom stereocenters. The van der Waals surface area contributed by atoms with Crippen LogP contribution in [0.25, 0.3) is 216 Å². The van der Waals surface area contributed by atoms with Gasteiger partial charge in [-0.2, -0.15) is 0 Å². The van der Waals surface area contributed by atoms with Crippen LogP contribution >= 0.6 is 22.7 Å². The predicted molar refractivity (Wildman–Crippen MR) is 473 cm³/mol. The molecule has 0 N–H and O–H groups in total. The molecule has 0 fully saturated rings. The Morgan fingerprint density at radius 2 is 0.455 bits per heavy atom. The summed E-state index contributed by atoms with van der Waals surface area (Å²) in [5.74, 6) is 0. The Kier molecular flexibility index (Phi) is 14.1. The molecule has 24 rings (SSSR count). The maximum atomic E-state index is 2.42. The summed E-state index contributed by atoms with van der Waals surface area (Å²) in [6, 6.07) is 143. The third-order valence-corrected chi connectivity index (χ3v) is 25.4. The Morgan fingerprint density at radius 3 is 0.909 bits per heavy atom. The van der Waals surface area contributed by atoms with Gasteiger partial charge in [-0.15, -0.1) is 22.7 Å². The van der Waals surface area contributed by atoms with Crippen LogP contribution in [-0.4, -0.2) is 18.3 Å². The number of para-hydroxylation sites is 4. The van der Waals surface area contributed by atoms with Gasteiger partial charge in [0.1, 0.15) is 0 Å². The molecule has 0 amide bonds. The third kappa shape index (κ3) is 9.90. The van der Waals surface area contributed by atoms with E-state index in [0.717, 1.165) is 11.4 Å². The number of hydrogen-bond donors (Lipinski definition) is 0. The van der Waals surface area contributed by atoms with Crippen molar-refractivity contribution in [1.82, 2.24) is 18.3 Å². The monoisotopic (exact) mass is 1430 g/mol. The summed E-state index contributed by atoms with van der Waals surface area (Å²) in [6.07, 6.45) is 0. The largest absolute Gasteiger partial charge is 0.309 e. The fraction of sp³-hybridized carbons (Fsp3) is 0. The third-order valence-electron chi connectivity index (χ3n) is 23.0. The van der Waals surface area contributed by atoms with Gasteiger partial charge >= 0.3 is 0 Å². The first kappa shape index (κ1) is 62.3. The van der Waals surface area contributed by atoms with Gasteiger partial charge in [0, 0.05) is 106 Å². The Labute approximate surface area is 640 Å². The van der Waals surface area contributed by atoms with E-state index in [1.807, 2.05) is 22.7 Å². The van der Waals surface area contributed by atoms with Crippen molar-refractivity contribution < 1.29 is 0 Å². The number of benzene rings is 18. The van der Waals surface area contributed by atoms with E-state index >= 15 is 0 Å². The highest BCUT2D eigenvalue weighted by Gasteiger charge is 2.21. The quantitative estimate of drug-likeness (QED) is 0.144. The molecule has 6 heteroatoms. The molecule has 6 aromatic heterocycles.